The number of aromatic amines is 1. The Kier molecular flexibility index (Phi) is 3.16. The van der Waals surface area contributed by atoms with Crippen molar-refractivity contribution in [3.8, 4) is 22.5 Å². The van der Waals surface area contributed by atoms with Gasteiger partial charge in [-0.2, -0.15) is 4.98 Å². The first-order chi connectivity index (χ1) is 9.76. The van der Waals surface area contributed by atoms with E-state index in [1.807, 2.05) is 31.3 Å². The Morgan fingerprint density at radius 1 is 0.950 bits per heavy atom. The summed E-state index contributed by atoms with van der Waals surface area (Å²) in [7, 11) is 1.79. The molecular formula is C15H15N5. The summed E-state index contributed by atoms with van der Waals surface area (Å²) in [5.41, 5.74) is 4.26. The summed E-state index contributed by atoms with van der Waals surface area (Å²) in [6.07, 6.45) is 1.89. The summed E-state index contributed by atoms with van der Waals surface area (Å²) in [6, 6.07) is 12.3. The van der Waals surface area contributed by atoms with Crippen LogP contribution in [0.1, 0.15) is 5.69 Å². The SMILES string of the molecule is CNc1n[nH]c(-c2ccc(-c3ccc(C)nc3)cc2)n1. The topological polar surface area (TPSA) is 66.5 Å². The molecule has 2 aromatic heterocycles. The first-order valence-electron chi connectivity index (χ1n) is 6.40. The summed E-state index contributed by atoms with van der Waals surface area (Å²) < 4.78 is 0. The lowest BCUT2D eigenvalue weighted by atomic mass is 10.1. The minimum absolute atomic E-state index is 0.590. The van der Waals surface area contributed by atoms with E-state index in [0.29, 0.717) is 5.95 Å². The number of nitrogens with one attached hydrogen (secondary N) is 2. The molecule has 0 spiro atoms. The van der Waals surface area contributed by atoms with Crippen LogP contribution in [-0.4, -0.2) is 27.2 Å². The molecule has 0 fully saturated rings. The second kappa shape index (κ2) is 5.13. The predicted molar refractivity (Wildman–Crippen MR) is 79.3 cm³/mol. The van der Waals surface area contributed by atoms with Crippen molar-refractivity contribution in [2.75, 3.05) is 12.4 Å². The number of pyridine rings is 1. The molecule has 0 saturated heterocycles. The zero-order valence-corrected chi connectivity index (χ0v) is 11.4. The molecule has 5 nitrogen and oxygen atoms in total. The van der Waals surface area contributed by atoms with Crippen LogP contribution >= 0.6 is 0 Å². The lowest BCUT2D eigenvalue weighted by Gasteiger charge is -2.03. The summed E-state index contributed by atoms with van der Waals surface area (Å²) >= 11 is 0. The minimum Gasteiger partial charge on any atom is -0.356 e. The van der Waals surface area contributed by atoms with Gasteiger partial charge in [-0.25, -0.2) is 0 Å². The molecule has 20 heavy (non-hydrogen) atoms. The van der Waals surface area contributed by atoms with Crippen molar-refractivity contribution in [2.24, 2.45) is 0 Å². The lowest BCUT2D eigenvalue weighted by Crippen LogP contribution is -1.89. The highest BCUT2D eigenvalue weighted by Crippen LogP contribution is 2.23. The Morgan fingerprint density at radius 2 is 1.65 bits per heavy atom. The van der Waals surface area contributed by atoms with Crippen LogP contribution in [-0.2, 0) is 0 Å². The summed E-state index contributed by atoms with van der Waals surface area (Å²) in [6.45, 7) is 1.98. The van der Waals surface area contributed by atoms with Crippen LogP contribution in [0, 0.1) is 6.92 Å². The largest absolute Gasteiger partial charge is 0.356 e. The normalized spacial score (nSPS) is 10.5. The van der Waals surface area contributed by atoms with Gasteiger partial charge in [-0.1, -0.05) is 30.3 Å². The average molecular weight is 265 g/mol. The van der Waals surface area contributed by atoms with E-state index >= 15 is 0 Å². The van der Waals surface area contributed by atoms with Crippen molar-refractivity contribution in [1.82, 2.24) is 20.2 Å². The van der Waals surface area contributed by atoms with Gasteiger partial charge in [0.25, 0.3) is 0 Å². The Morgan fingerprint density at radius 3 is 2.25 bits per heavy atom. The molecule has 0 saturated carbocycles. The van der Waals surface area contributed by atoms with Crippen LogP contribution in [0.4, 0.5) is 5.95 Å². The highest BCUT2D eigenvalue weighted by Gasteiger charge is 2.05. The minimum atomic E-state index is 0.590. The van der Waals surface area contributed by atoms with E-state index in [0.717, 1.165) is 28.2 Å². The van der Waals surface area contributed by atoms with Gasteiger partial charge in [-0.05, 0) is 18.6 Å². The number of rotatable bonds is 3. The smallest absolute Gasteiger partial charge is 0.242 e. The van der Waals surface area contributed by atoms with Gasteiger partial charge in [-0.15, -0.1) is 5.10 Å². The zero-order chi connectivity index (χ0) is 13.9. The lowest BCUT2D eigenvalue weighted by molar-refractivity contribution is 1.09. The molecule has 1 aromatic carbocycles. The fourth-order valence-corrected chi connectivity index (χ4v) is 1.96. The van der Waals surface area contributed by atoms with Crippen LogP contribution < -0.4 is 5.32 Å². The monoisotopic (exact) mass is 265 g/mol. The van der Waals surface area contributed by atoms with Gasteiger partial charge < -0.3 is 5.32 Å². The molecule has 5 heteroatoms. The van der Waals surface area contributed by atoms with Gasteiger partial charge in [0.2, 0.25) is 5.95 Å². The van der Waals surface area contributed by atoms with Gasteiger partial charge in [0, 0.05) is 30.1 Å². The molecule has 3 aromatic rings. The average Bonchev–Trinajstić information content (AvgIpc) is 2.97. The van der Waals surface area contributed by atoms with E-state index in [4.69, 9.17) is 0 Å². The molecule has 3 rings (SSSR count). The number of aryl methyl sites for hydroxylation is 1. The first kappa shape index (κ1) is 12.3. The van der Waals surface area contributed by atoms with Gasteiger partial charge >= 0.3 is 0 Å². The number of aromatic nitrogens is 4. The summed E-state index contributed by atoms with van der Waals surface area (Å²) in [5.74, 6) is 1.34. The van der Waals surface area contributed by atoms with E-state index in [1.54, 1.807) is 7.05 Å². The molecule has 2 heterocycles. The van der Waals surface area contributed by atoms with E-state index in [2.05, 4.69) is 43.7 Å². The number of nitrogens with zero attached hydrogens (tertiary/aromatic N) is 3. The van der Waals surface area contributed by atoms with Gasteiger partial charge in [0.15, 0.2) is 5.82 Å². The van der Waals surface area contributed by atoms with E-state index in [-0.39, 0.29) is 0 Å². The van der Waals surface area contributed by atoms with E-state index in [1.165, 1.54) is 0 Å². The molecule has 0 aliphatic carbocycles. The maximum atomic E-state index is 4.32. The van der Waals surface area contributed by atoms with Crippen molar-refractivity contribution in [2.45, 2.75) is 6.92 Å². The molecule has 0 radical (unpaired) electrons. The Bertz CT molecular complexity index is 698. The molecular weight excluding hydrogens is 250 g/mol. The number of H-pyrrole nitrogens is 1. The standard InChI is InChI=1S/C15H15N5/c1-10-3-4-13(9-17-10)11-5-7-12(8-6-11)14-18-15(16-2)20-19-14/h3-9H,1-2H3,(H2,16,18,19,20). The van der Waals surface area contributed by atoms with Crippen LogP contribution in [0.15, 0.2) is 42.6 Å². The third-order valence-corrected chi connectivity index (χ3v) is 3.11. The van der Waals surface area contributed by atoms with E-state index < -0.39 is 0 Å². The molecule has 100 valence electrons. The molecule has 0 amide bonds. The van der Waals surface area contributed by atoms with E-state index in [9.17, 15) is 0 Å². The molecule has 2 N–H and O–H groups in total. The third kappa shape index (κ3) is 2.38. The van der Waals surface area contributed by atoms with Gasteiger partial charge in [0.05, 0.1) is 0 Å². The summed E-state index contributed by atoms with van der Waals surface area (Å²) in [4.78, 5) is 8.64. The van der Waals surface area contributed by atoms with Crippen LogP contribution in [0.3, 0.4) is 0 Å². The van der Waals surface area contributed by atoms with Crippen LogP contribution in [0.2, 0.25) is 0 Å². The molecule has 0 aliphatic heterocycles. The second-order valence-corrected chi connectivity index (χ2v) is 4.52. The maximum Gasteiger partial charge on any atom is 0.242 e. The van der Waals surface area contributed by atoms with Crippen molar-refractivity contribution >= 4 is 5.95 Å². The summed E-state index contributed by atoms with van der Waals surface area (Å²) in [5, 5.41) is 9.85. The zero-order valence-electron chi connectivity index (χ0n) is 11.4. The number of benzene rings is 1. The Hall–Kier alpha value is -2.69. The number of hydrogen-bond donors (Lipinski definition) is 2. The van der Waals surface area contributed by atoms with Gasteiger partial charge in [0.1, 0.15) is 0 Å². The third-order valence-electron chi connectivity index (χ3n) is 3.11. The predicted octanol–water partition coefficient (Wildman–Crippen LogP) is 2.88. The number of hydrogen-bond acceptors (Lipinski definition) is 4. The highest BCUT2D eigenvalue weighted by molar-refractivity contribution is 5.67. The fourth-order valence-electron chi connectivity index (χ4n) is 1.96. The second-order valence-electron chi connectivity index (χ2n) is 4.52. The molecule has 0 atom stereocenters. The van der Waals surface area contributed by atoms with Crippen molar-refractivity contribution in [1.29, 1.82) is 0 Å². The van der Waals surface area contributed by atoms with Crippen molar-refractivity contribution in [3.63, 3.8) is 0 Å². The fraction of sp³-hybridized carbons (Fsp3) is 0.133. The van der Waals surface area contributed by atoms with Crippen LogP contribution in [0.5, 0.6) is 0 Å². The molecule has 0 aliphatic rings. The highest BCUT2D eigenvalue weighted by atomic mass is 15.3. The Labute approximate surface area is 117 Å². The van der Waals surface area contributed by atoms with Crippen molar-refractivity contribution in [3.05, 3.63) is 48.3 Å². The molecule has 0 bridgehead atoms. The Balaban J connectivity index is 1.89. The quantitative estimate of drug-likeness (QED) is 0.764. The van der Waals surface area contributed by atoms with Crippen molar-refractivity contribution < 1.29 is 0 Å². The first-order valence-corrected chi connectivity index (χ1v) is 6.40. The number of anilines is 1. The van der Waals surface area contributed by atoms with Crippen LogP contribution in [0.25, 0.3) is 22.5 Å². The molecule has 0 unspecified atom stereocenters. The van der Waals surface area contributed by atoms with Gasteiger partial charge in [-0.3, -0.25) is 10.1 Å². The maximum absolute atomic E-state index is 4.32.